The van der Waals surface area contributed by atoms with Gasteiger partial charge in [-0.15, -0.1) is 11.8 Å². The first-order chi connectivity index (χ1) is 21.6. The molecule has 226 valence electrons. The third-order valence-corrected chi connectivity index (χ3v) is 8.48. The van der Waals surface area contributed by atoms with Crippen LogP contribution in [0, 0.1) is 15.9 Å². The van der Waals surface area contributed by atoms with Gasteiger partial charge in [0.15, 0.2) is 0 Å². The van der Waals surface area contributed by atoms with Crippen molar-refractivity contribution in [3.05, 3.63) is 134 Å². The van der Waals surface area contributed by atoms with Gasteiger partial charge >= 0.3 is 0 Å². The van der Waals surface area contributed by atoms with Gasteiger partial charge in [0.2, 0.25) is 11.8 Å². The molecule has 13 heteroatoms. The number of hydrogen-bond acceptors (Lipinski definition) is 7. The molecule has 1 atom stereocenters. The monoisotopic (exact) mass is 688 g/mol. The fourth-order valence-corrected chi connectivity index (χ4v) is 6.01. The largest absolute Gasteiger partial charge is 0.321 e. The van der Waals surface area contributed by atoms with Crippen LogP contribution in [0.3, 0.4) is 0 Å². The summed E-state index contributed by atoms with van der Waals surface area (Å²) in [6.45, 7) is 0. The molecule has 0 spiro atoms. The van der Waals surface area contributed by atoms with E-state index in [9.17, 15) is 33.7 Å². The molecule has 1 saturated heterocycles. The van der Waals surface area contributed by atoms with E-state index in [4.69, 9.17) is 0 Å². The zero-order valence-corrected chi connectivity index (χ0v) is 25.5. The van der Waals surface area contributed by atoms with Crippen LogP contribution in [0.5, 0.6) is 0 Å². The van der Waals surface area contributed by atoms with Gasteiger partial charge in [-0.25, -0.2) is 9.29 Å². The molecule has 4 aromatic rings. The Hall–Kier alpha value is -5.14. The average molecular weight is 690 g/mol. The lowest BCUT2D eigenvalue weighted by Gasteiger charge is -2.15. The van der Waals surface area contributed by atoms with E-state index in [1.54, 1.807) is 60.7 Å². The van der Waals surface area contributed by atoms with Crippen molar-refractivity contribution >= 4 is 74.5 Å². The van der Waals surface area contributed by atoms with Crippen LogP contribution in [-0.4, -0.2) is 33.8 Å². The van der Waals surface area contributed by atoms with Gasteiger partial charge in [0, 0.05) is 44.7 Å². The minimum atomic E-state index is -0.766. The first kappa shape index (κ1) is 31.3. The van der Waals surface area contributed by atoms with E-state index in [1.807, 2.05) is 0 Å². The second-order valence-electron chi connectivity index (χ2n) is 9.65. The Morgan fingerprint density at radius 1 is 0.978 bits per heavy atom. The normalized spacial score (nSPS) is 14.8. The second kappa shape index (κ2) is 13.7. The van der Waals surface area contributed by atoms with Crippen molar-refractivity contribution in [1.82, 2.24) is 5.32 Å². The van der Waals surface area contributed by atoms with E-state index in [1.165, 1.54) is 42.5 Å². The first-order valence-corrected chi connectivity index (χ1v) is 15.0. The summed E-state index contributed by atoms with van der Waals surface area (Å²) in [5.74, 6) is -2.83. The zero-order chi connectivity index (χ0) is 32.1. The van der Waals surface area contributed by atoms with Crippen LogP contribution in [0.1, 0.15) is 22.3 Å². The number of imide groups is 1. The van der Waals surface area contributed by atoms with Gasteiger partial charge in [-0.1, -0.05) is 46.3 Å². The SMILES string of the molecule is O=C(Nc1cccc(S[C@H]2CC(=O)N(c3ccc([N+](=O)[O-])cc3)C2=O)c1)/C(=C/c1c(F)cccc1Br)NC(=O)c1ccccc1. The van der Waals surface area contributed by atoms with Gasteiger partial charge in [0.1, 0.15) is 11.5 Å². The predicted molar refractivity (Wildman–Crippen MR) is 171 cm³/mol. The fourth-order valence-electron chi connectivity index (χ4n) is 4.44. The minimum Gasteiger partial charge on any atom is -0.321 e. The summed E-state index contributed by atoms with van der Waals surface area (Å²) in [4.78, 5) is 64.2. The number of thioether (sulfide) groups is 1. The topological polar surface area (TPSA) is 139 Å². The van der Waals surface area contributed by atoms with E-state index < -0.39 is 39.6 Å². The maximum atomic E-state index is 14.6. The number of carbonyl (C=O) groups is 4. The number of rotatable bonds is 9. The molecule has 0 radical (unpaired) electrons. The molecule has 0 unspecified atom stereocenters. The average Bonchev–Trinajstić information content (AvgIpc) is 3.30. The van der Waals surface area contributed by atoms with Gasteiger partial charge in [0.25, 0.3) is 17.5 Å². The van der Waals surface area contributed by atoms with Crippen molar-refractivity contribution in [2.24, 2.45) is 0 Å². The summed E-state index contributed by atoms with van der Waals surface area (Å²) in [6, 6.07) is 24.2. The molecule has 1 heterocycles. The van der Waals surface area contributed by atoms with Gasteiger partial charge in [-0.2, -0.15) is 0 Å². The summed E-state index contributed by atoms with van der Waals surface area (Å²) in [5, 5.41) is 15.5. The van der Waals surface area contributed by atoms with Crippen LogP contribution in [-0.2, 0) is 14.4 Å². The Bertz CT molecular complexity index is 1830. The highest BCUT2D eigenvalue weighted by atomic mass is 79.9. The third-order valence-electron chi connectivity index (χ3n) is 6.61. The number of hydrogen-bond donors (Lipinski definition) is 2. The van der Waals surface area contributed by atoms with Crippen molar-refractivity contribution in [3.8, 4) is 0 Å². The van der Waals surface area contributed by atoms with Crippen molar-refractivity contribution < 1.29 is 28.5 Å². The predicted octanol–water partition coefficient (Wildman–Crippen LogP) is 6.33. The number of non-ortho nitro benzene ring substituents is 1. The molecule has 10 nitrogen and oxygen atoms in total. The Morgan fingerprint density at radius 3 is 2.38 bits per heavy atom. The summed E-state index contributed by atoms with van der Waals surface area (Å²) in [5.41, 5.74) is 0.521. The summed E-state index contributed by atoms with van der Waals surface area (Å²) in [6.07, 6.45) is 1.14. The van der Waals surface area contributed by atoms with Crippen molar-refractivity contribution in [2.45, 2.75) is 16.6 Å². The summed E-state index contributed by atoms with van der Waals surface area (Å²) in [7, 11) is 0. The maximum absolute atomic E-state index is 14.6. The highest BCUT2D eigenvalue weighted by molar-refractivity contribution is 9.10. The zero-order valence-electron chi connectivity index (χ0n) is 23.1. The minimum absolute atomic E-state index is 0.0577. The molecule has 2 N–H and O–H groups in total. The van der Waals surface area contributed by atoms with E-state index in [0.717, 1.165) is 16.7 Å². The highest BCUT2D eigenvalue weighted by Gasteiger charge is 2.40. The Kier molecular flexibility index (Phi) is 9.50. The van der Waals surface area contributed by atoms with Crippen LogP contribution in [0.25, 0.3) is 6.08 Å². The lowest BCUT2D eigenvalue weighted by Crippen LogP contribution is -2.31. The number of nitro groups is 1. The molecule has 0 aliphatic carbocycles. The van der Waals surface area contributed by atoms with Crippen LogP contribution < -0.4 is 15.5 Å². The van der Waals surface area contributed by atoms with Gasteiger partial charge in [0.05, 0.1) is 15.9 Å². The molecule has 1 aliphatic rings. The second-order valence-corrected chi connectivity index (χ2v) is 11.8. The van der Waals surface area contributed by atoms with Crippen molar-refractivity contribution in [2.75, 3.05) is 10.2 Å². The standard InChI is InChI=1S/C32H22BrFN4O6S/c33-25-10-5-11-26(34)24(25)17-27(36-30(40)19-6-2-1-3-7-19)31(41)35-20-8-4-9-23(16-20)45-28-18-29(39)37(32(28)42)21-12-14-22(15-13-21)38(43)44/h1-17,28H,18H2,(H,35,41)(H,36,40)/b27-17-/t28-/m0/s1. The molecular weight excluding hydrogens is 667 g/mol. The van der Waals surface area contributed by atoms with E-state index >= 15 is 0 Å². The lowest BCUT2D eigenvalue weighted by atomic mass is 10.1. The van der Waals surface area contributed by atoms with Crippen molar-refractivity contribution in [3.63, 3.8) is 0 Å². The van der Waals surface area contributed by atoms with E-state index in [0.29, 0.717) is 20.6 Å². The van der Waals surface area contributed by atoms with Gasteiger partial charge in [-0.3, -0.25) is 29.3 Å². The molecule has 0 bridgehead atoms. The molecule has 5 rings (SSSR count). The molecule has 0 aromatic heterocycles. The highest BCUT2D eigenvalue weighted by Crippen LogP contribution is 2.35. The number of anilines is 2. The van der Waals surface area contributed by atoms with E-state index in [2.05, 4.69) is 26.6 Å². The summed E-state index contributed by atoms with van der Waals surface area (Å²) >= 11 is 4.40. The number of carbonyl (C=O) groups excluding carboxylic acids is 4. The molecular formula is C32H22BrFN4O6S. The smallest absolute Gasteiger partial charge is 0.272 e. The lowest BCUT2D eigenvalue weighted by molar-refractivity contribution is -0.384. The van der Waals surface area contributed by atoms with Crippen molar-refractivity contribution in [1.29, 1.82) is 0 Å². The molecule has 0 saturated carbocycles. The van der Waals surface area contributed by atoms with Crippen LogP contribution in [0.2, 0.25) is 0 Å². The van der Waals surface area contributed by atoms with E-state index in [-0.39, 0.29) is 29.1 Å². The number of nitrogens with one attached hydrogen (secondary N) is 2. The van der Waals surface area contributed by atoms with Crippen LogP contribution in [0.4, 0.5) is 21.5 Å². The Labute approximate surface area is 268 Å². The molecule has 1 fully saturated rings. The quantitative estimate of drug-likeness (QED) is 0.0907. The Balaban J connectivity index is 1.34. The first-order valence-electron chi connectivity index (χ1n) is 13.3. The van der Waals surface area contributed by atoms with Crippen LogP contribution >= 0.6 is 27.7 Å². The summed E-state index contributed by atoms with van der Waals surface area (Å²) < 4.78 is 15.0. The molecule has 4 amide bonds. The Morgan fingerprint density at radius 2 is 1.69 bits per heavy atom. The molecule has 4 aromatic carbocycles. The number of benzene rings is 4. The fraction of sp³-hybridized carbons (Fsp3) is 0.0625. The molecule has 45 heavy (non-hydrogen) atoms. The van der Waals surface area contributed by atoms with Crippen LogP contribution in [0.15, 0.2) is 112 Å². The van der Waals surface area contributed by atoms with Gasteiger partial charge in [-0.05, 0) is 60.7 Å². The number of halogens is 2. The third kappa shape index (κ3) is 7.33. The number of amides is 4. The maximum Gasteiger partial charge on any atom is 0.272 e. The molecule has 1 aliphatic heterocycles. The van der Waals surface area contributed by atoms with Gasteiger partial charge < -0.3 is 10.6 Å². The number of nitro benzene ring substituents is 1. The number of nitrogens with zero attached hydrogens (tertiary/aromatic N) is 2.